The Labute approximate surface area is 262 Å². The third-order valence-corrected chi connectivity index (χ3v) is 9.46. The summed E-state index contributed by atoms with van der Waals surface area (Å²) < 4.78 is 16.8. The van der Waals surface area contributed by atoms with Gasteiger partial charge in [0.25, 0.3) is 0 Å². The van der Waals surface area contributed by atoms with Gasteiger partial charge in [-0.25, -0.2) is 4.79 Å². The van der Waals surface area contributed by atoms with Crippen molar-refractivity contribution < 1.29 is 28.6 Å². The second-order valence-corrected chi connectivity index (χ2v) is 12.4. The topological polar surface area (TPSA) is 127 Å². The van der Waals surface area contributed by atoms with Crippen molar-refractivity contribution >= 4 is 51.2 Å². The number of benzene rings is 3. The zero-order chi connectivity index (χ0) is 30.6. The van der Waals surface area contributed by atoms with Crippen LogP contribution in [0.1, 0.15) is 31.2 Å². The molecular formula is C33H42N4O6S. The maximum Gasteiger partial charge on any atom is 0.315 e. The number of unbranched alkanes of at least 4 members (excludes halogenated alkanes) is 1. The lowest BCUT2D eigenvalue weighted by Gasteiger charge is -2.16. The first kappa shape index (κ1) is 32.0. The quantitative estimate of drug-likeness (QED) is 0.0972. The summed E-state index contributed by atoms with van der Waals surface area (Å²) in [6, 6.07) is 19.0. The third kappa shape index (κ3) is 9.07. The number of fused-ring (bicyclic) bond motifs is 3. The molecule has 0 aromatic heterocycles. The second kappa shape index (κ2) is 16.6. The van der Waals surface area contributed by atoms with Gasteiger partial charge in [0.2, 0.25) is 11.8 Å². The highest BCUT2D eigenvalue weighted by Crippen LogP contribution is 2.33. The normalized spacial score (nSPS) is 19.1. The minimum Gasteiger partial charge on any atom is -0.377 e. The molecule has 3 aromatic carbocycles. The van der Waals surface area contributed by atoms with Crippen LogP contribution in [-0.2, 0) is 30.4 Å². The molecule has 2 saturated heterocycles. The first-order chi connectivity index (χ1) is 21.6. The summed E-state index contributed by atoms with van der Waals surface area (Å²) in [5.74, 6) is 0.802. The van der Waals surface area contributed by atoms with Crippen LogP contribution in [0.5, 0.6) is 0 Å². The zero-order valence-electron chi connectivity index (χ0n) is 25.0. The SMILES string of the molecule is O=C(CCCCC1SC[C@@H]2NC(=O)NC12)NCCOCCOCCNC(=O)COCc1c2ccccc2cc2ccccc12. The van der Waals surface area contributed by atoms with Crippen LogP contribution in [0.4, 0.5) is 4.79 Å². The summed E-state index contributed by atoms with van der Waals surface area (Å²) in [6.45, 7) is 2.80. The average Bonchev–Trinajstić information content (AvgIpc) is 3.58. The van der Waals surface area contributed by atoms with Crippen LogP contribution in [0.25, 0.3) is 21.5 Å². The molecule has 0 bridgehead atoms. The Morgan fingerprint density at radius 2 is 1.48 bits per heavy atom. The summed E-state index contributed by atoms with van der Waals surface area (Å²) in [6.07, 6.45) is 3.30. The summed E-state index contributed by atoms with van der Waals surface area (Å²) in [5, 5.41) is 16.7. The van der Waals surface area contributed by atoms with E-state index in [1.165, 1.54) is 0 Å². The van der Waals surface area contributed by atoms with Crippen molar-refractivity contribution in [3.8, 4) is 0 Å². The molecule has 2 aliphatic heterocycles. The van der Waals surface area contributed by atoms with Crippen LogP contribution in [-0.4, -0.2) is 87.1 Å². The fourth-order valence-corrected chi connectivity index (χ4v) is 7.31. The Kier molecular flexibility index (Phi) is 12.1. The molecule has 44 heavy (non-hydrogen) atoms. The number of thioether (sulfide) groups is 1. The molecule has 0 aliphatic carbocycles. The number of rotatable bonds is 18. The van der Waals surface area contributed by atoms with Gasteiger partial charge in [0.1, 0.15) is 6.61 Å². The lowest BCUT2D eigenvalue weighted by molar-refractivity contribution is -0.126. The molecule has 2 fully saturated rings. The molecule has 5 rings (SSSR count). The number of carbonyl (C=O) groups excluding carboxylic acids is 3. The summed E-state index contributed by atoms with van der Waals surface area (Å²) in [4.78, 5) is 35.8. The number of ether oxygens (including phenoxy) is 3. The monoisotopic (exact) mass is 622 g/mol. The lowest BCUT2D eigenvalue weighted by Crippen LogP contribution is -2.36. The summed E-state index contributed by atoms with van der Waals surface area (Å²) in [5.41, 5.74) is 1.08. The van der Waals surface area contributed by atoms with E-state index in [-0.39, 0.29) is 36.5 Å². The molecule has 3 aromatic rings. The standard InChI is InChI=1S/C33H42N4O6S/c38-30(12-6-5-11-29-32-28(22-44-29)36-33(40)37-32)34-13-15-41-17-18-42-16-14-35-31(39)21-43-20-27-25-9-3-1-7-23(25)19-24-8-2-4-10-26(24)27/h1-4,7-10,19,28-29,32H,5-6,11-18,20-22H2,(H,34,38)(H,35,39)(H2,36,37,40)/t28-,29?,32?/m0/s1. The summed E-state index contributed by atoms with van der Waals surface area (Å²) >= 11 is 1.90. The van der Waals surface area contributed by atoms with Gasteiger partial charge in [-0.1, -0.05) is 55.0 Å². The number of hydrogen-bond acceptors (Lipinski definition) is 7. The Bertz CT molecular complexity index is 1370. The van der Waals surface area contributed by atoms with Crippen molar-refractivity contribution in [3.05, 3.63) is 60.2 Å². The Balaban J connectivity index is 0.839. The molecule has 236 valence electrons. The molecule has 3 atom stereocenters. The Morgan fingerprint density at radius 1 is 0.818 bits per heavy atom. The van der Waals surface area contributed by atoms with Crippen LogP contribution < -0.4 is 21.3 Å². The van der Waals surface area contributed by atoms with E-state index in [4.69, 9.17) is 14.2 Å². The predicted octanol–water partition coefficient (Wildman–Crippen LogP) is 3.50. The lowest BCUT2D eigenvalue weighted by atomic mass is 9.97. The van der Waals surface area contributed by atoms with E-state index in [1.807, 2.05) is 36.0 Å². The predicted molar refractivity (Wildman–Crippen MR) is 173 cm³/mol. The fourth-order valence-electron chi connectivity index (χ4n) is 5.77. The number of carbonyl (C=O) groups is 3. The van der Waals surface area contributed by atoms with Crippen molar-refractivity contribution in [1.29, 1.82) is 0 Å². The van der Waals surface area contributed by atoms with E-state index < -0.39 is 0 Å². The van der Waals surface area contributed by atoms with Crippen LogP contribution in [0.3, 0.4) is 0 Å². The van der Waals surface area contributed by atoms with Crippen LogP contribution in [0, 0.1) is 0 Å². The van der Waals surface area contributed by atoms with Crippen LogP contribution in [0.15, 0.2) is 54.6 Å². The van der Waals surface area contributed by atoms with Crippen molar-refractivity contribution in [2.45, 2.75) is 49.6 Å². The molecule has 0 radical (unpaired) electrons. The number of hydrogen-bond donors (Lipinski definition) is 4. The molecule has 2 heterocycles. The molecule has 4 N–H and O–H groups in total. The van der Waals surface area contributed by atoms with Crippen molar-refractivity contribution in [1.82, 2.24) is 21.3 Å². The fraction of sp³-hybridized carbons (Fsp3) is 0.485. The van der Waals surface area contributed by atoms with Gasteiger partial charge in [-0.15, -0.1) is 0 Å². The van der Waals surface area contributed by atoms with E-state index >= 15 is 0 Å². The minimum atomic E-state index is -0.184. The molecule has 0 saturated carbocycles. The molecule has 2 unspecified atom stereocenters. The van der Waals surface area contributed by atoms with Gasteiger partial charge in [0.15, 0.2) is 0 Å². The maximum atomic E-state index is 12.2. The van der Waals surface area contributed by atoms with E-state index in [9.17, 15) is 14.4 Å². The second-order valence-electron chi connectivity index (χ2n) is 11.1. The number of amides is 4. The van der Waals surface area contributed by atoms with Crippen molar-refractivity contribution in [2.75, 3.05) is 51.9 Å². The van der Waals surface area contributed by atoms with Crippen LogP contribution >= 0.6 is 11.8 Å². The van der Waals surface area contributed by atoms with Gasteiger partial charge < -0.3 is 35.5 Å². The highest BCUT2D eigenvalue weighted by atomic mass is 32.2. The van der Waals surface area contributed by atoms with Gasteiger partial charge in [-0.05, 0) is 46.0 Å². The van der Waals surface area contributed by atoms with Gasteiger partial charge >= 0.3 is 6.03 Å². The third-order valence-electron chi connectivity index (χ3n) is 7.95. The first-order valence-electron chi connectivity index (χ1n) is 15.4. The van der Waals surface area contributed by atoms with Gasteiger partial charge in [-0.2, -0.15) is 11.8 Å². The number of nitrogens with one attached hydrogen (secondary N) is 4. The Morgan fingerprint density at radius 3 is 2.18 bits per heavy atom. The van der Waals surface area contributed by atoms with Crippen molar-refractivity contribution in [3.63, 3.8) is 0 Å². The molecule has 11 heteroatoms. The van der Waals surface area contributed by atoms with E-state index in [1.54, 1.807) is 0 Å². The molecule has 10 nitrogen and oxygen atoms in total. The zero-order valence-corrected chi connectivity index (χ0v) is 25.8. The summed E-state index contributed by atoms with van der Waals surface area (Å²) in [7, 11) is 0. The van der Waals surface area contributed by atoms with E-state index in [0.29, 0.717) is 57.8 Å². The highest BCUT2D eigenvalue weighted by Gasteiger charge is 2.42. The highest BCUT2D eigenvalue weighted by molar-refractivity contribution is 8.00. The molecular weight excluding hydrogens is 580 g/mol. The molecule has 0 spiro atoms. The molecule has 2 aliphatic rings. The van der Waals surface area contributed by atoms with Gasteiger partial charge in [-0.3, -0.25) is 9.59 Å². The smallest absolute Gasteiger partial charge is 0.315 e. The first-order valence-corrected chi connectivity index (χ1v) is 16.5. The van der Waals surface area contributed by atoms with Gasteiger partial charge in [0, 0.05) is 30.5 Å². The largest absolute Gasteiger partial charge is 0.377 e. The van der Waals surface area contributed by atoms with E-state index in [2.05, 4.69) is 51.6 Å². The van der Waals surface area contributed by atoms with Crippen LogP contribution in [0.2, 0.25) is 0 Å². The number of urea groups is 1. The van der Waals surface area contributed by atoms with Gasteiger partial charge in [0.05, 0.1) is 45.1 Å². The molecule has 4 amide bonds. The van der Waals surface area contributed by atoms with Crippen molar-refractivity contribution in [2.24, 2.45) is 0 Å². The van der Waals surface area contributed by atoms with E-state index in [0.717, 1.165) is 52.1 Å². The minimum absolute atomic E-state index is 0.0236. The average molecular weight is 623 g/mol. The maximum absolute atomic E-state index is 12.2. The Hall–Kier alpha value is -3.38.